The van der Waals surface area contributed by atoms with Gasteiger partial charge in [0.05, 0.1) is 17.8 Å². The molecule has 0 aliphatic carbocycles. The molecule has 232 valence electrons. The minimum atomic E-state index is -1.12. The summed E-state index contributed by atoms with van der Waals surface area (Å²) in [6.07, 6.45) is 1.93. The summed E-state index contributed by atoms with van der Waals surface area (Å²) >= 11 is 0. The standard InChI is InChI=1S/C32H42F2N6O3/c1-6-8-40(9-7-2)32(43)24-11-21(3)10-23(15-24)31(42)38-28(14-22-12-25(33)16-26(34)13-22)29(41)19-35-18-27-17-30(39(4)5)37-20-36-27/h10-13,15-17,20,28-29,35,41H,6-9,14,18-19H2,1-5H3,(H,38,42)/t28-,29+/m0/s1. The summed E-state index contributed by atoms with van der Waals surface area (Å²) in [5.41, 5.74) is 2.37. The number of aryl methyl sites for hydroxylation is 1. The van der Waals surface area contributed by atoms with Crippen LogP contribution in [0.2, 0.25) is 0 Å². The maximum atomic E-state index is 14.0. The van der Waals surface area contributed by atoms with Crippen LogP contribution in [-0.2, 0) is 13.0 Å². The fourth-order valence-electron chi connectivity index (χ4n) is 4.81. The minimum Gasteiger partial charge on any atom is -0.390 e. The molecule has 0 radical (unpaired) electrons. The number of carbonyl (C=O) groups excluding carboxylic acids is 2. The number of aliphatic hydroxyl groups excluding tert-OH is 1. The Balaban J connectivity index is 1.80. The number of nitrogens with zero attached hydrogens (tertiary/aromatic N) is 4. The third kappa shape index (κ3) is 10.1. The summed E-state index contributed by atoms with van der Waals surface area (Å²) in [6, 6.07) is 8.98. The number of aromatic nitrogens is 2. The average Bonchev–Trinajstić information content (AvgIpc) is 2.95. The summed E-state index contributed by atoms with van der Waals surface area (Å²) in [6.45, 7) is 7.42. The number of amides is 2. The van der Waals surface area contributed by atoms with E-state index in [-0.39, 0.29) is 30.0 Å². The van der Waals surface area contributed by atoms with Crippen molar-refractivity contribution in [1.29, 1.82) is 0 Å². The lowest BCUT2D eigenvalue weighted by Gasteiger charge is -2.25. The highest BCUT2D eigenvalue weighted by atomic mass is 19.1. The lowest BCUT2D eigenvalue weighted by Crippen LogP contribution is -2.48. The molecule has 0 spiro atoms. The molecular weight excluding hydrogens is 554 g/mol. The Hall–Kier alpha value is -3.96. The van der Waals surface area contributed by atoms with Gasteiger partial charge in [0, 0.05) is 63.5 Å². The van der Waals surface area contributed by atoms with Gasteiger partial charge in [0.25, 0.3) is 11.8 Å². The van der Waals surface area contributed by atoms with Gasteiger partial charge in [0.15, 0.2) is 0 Å². The van der Waals surface area contributed by atoms with Crippen LogP contribution in [0.3, 0.4) is 0 Å². The Kier molecular flexibility index (Phi) is 12.5. The number of hydrogen-bond donors (Lipinski definition) is 3. The van der Waals surface area contributed by atoms with Gasteiger partial charge < -0.3 is 25.5 Å². The van der Waals surface area contributed by atoms with E-state index in [0.29, 0.717) is 30.9 Å². The number of aliphatic hydroxyl groups is 1. The Morgan fingerprint density at radius 3 is 2.21 bits per heavy atom. The molecule has 3 rings (SSSR count). The highest BCUT2D eigenvalue weighted by Gasteiger charge is 2.24. The van der Waals surface area contributed by atoms with Crippen LogP contribution in [0.5, 0.6) is 0 Å². The van der Waals surface area contributed by atoms with E-state index in [1.165, 1.54) is 18.5 Å². The Morgan fingerprint density at radius 2 is 1.58 bits per heavy atom. The third-order valence-corrected chi connectivity index (χ3v) is 6.85. The molecule has 0 bridgehead atoms. The van der Waals surface area contributed by atoms with Gasteiger partial charge in [-0.1, -0.05) is 13.8 Å². The molecule has 0 saturated heterocycles. The third-order valence-electron chi connectivity index (χ3n) is 6.85. The Morgan fingerprint density at radius 1 is 0.930 bits per heavy atom. The largest absolute Gasteiger partial charge is 0.390 e. The van der Waals surface area contributed by atoms with Crippen molar-refractivity contribution in [2.45, 2.75) is 58.7 Å². The molecule has 1 aromatic heterocycles. The highest BCUT2D eigenvalue weighted by Crippen LogP contribution is 2.16. The van der Waals surface area contributed by atoms with Crippen LogP contribution < -0.4 is 15.5 Å². The van der Waals surface area contributed by atoms with Crippen LogP contribution in [0.25, 0.3) is 0 Å². The van der Waals surface area contributed by atoms with E-state index in [9.17, 15) is 23.5 Å². The maximum Gasteiger partial charge on any atom is 0.253 e. The fourth-order valence-corrected chi connectivity index (χ4v) is 4.81. The molecule has 11 heteroatoms. The molecule has 0 fully saturated rings. The van der Waals surface area contributed by atoms with E-state index in [2.05, 4.69) is 20.6 Å². The van der Waals surface area contributed by atoms with Gasteiger partial charge in [-0.05, 0) is 67.6 Å². The average molecular weight is 597 g/mol. The molecule has 9 nitrogen and oxygen atoms in total. The van der Waals surface area contributed by atoms with Crippen LogP contribution in [-0.4, -0.2) is 77.7 Å². The van der Waals surface area contributed by atoms with Crippen LogP contribution in [0.4, 0.5) is 14.6 Å². The van der Waals surface area contributed by atoms with Crippen LogP contribution in [0, 0.1) is 18.6 Å². The van der Waals surface area contributed by atoms with Crippen molar-refractivity contribution >= 4 is 17.6 Å². The SMILES string of the molecule is CCCN(CCC)C(=O)c1cc(C)cc(C(=O)N[C@@H](Cc2cc(F)cc(F)c2)[C@H](O)CNCc2cc(N(C)C)ncn2)c1. The molecule has 0 unspecified atom stereocenters. The van der Waals surface area contributed by atoms with Gasteiger partial charge in [-0.25, -0.2) is 18.7 Å². The smallest absolute Gasteiger partial charge is 0.253 e. The number of benzene rings is 2. The highest BCUT2D eigenvalue weighted by molar-refractivity contribution is 6.00. The molecule has 0 aliphatic rings. The summed E-state index contributed by atoms with van der Waals surface area (Å²) < 4.78 is 27.9. The number of carbonyl (C=O) groups is 2. The van der Waals surface area contributed by atoms with E-state index < -0.39 is 29.7 Å². The Labute approximate surface area is 252 Å². The van der Waals surface area contributed by atoms with Gasteiger partial charge in [-0.15, -0.1) is 0 Å². The van der Waals surface area contributed by atoms with E-state index in [1.807, 2.05) is 38.9 Å². The summed E-state index contributed by atoms with van der Waals surface area (Å²) in [4.78, 5) is 38.8. The van der Waals surface area contributed by atoms with Gasteiger partial charge in [-0.3, -0.25) is 9.59 Å². The van der Waals surface area contributed by atoms with Gasteiger partial charge >= 0.3 is 0 Å². The van der Waals surface area contributed by atoms with Crippen molar-refractivity contribution in [3.05, 3.63) is 88.4 Å². The molecule has 3 aromatic rings. The zero-order chi connectivity index (χ0) is 31.5. The number of anilines is 1. The maximum absolute atomic E-state index is 14.0. The van der Waals surface area contributed by atoms with E-state index in [1.54, 1.807) is 30.0 Å². The molecule has 2 amide bonds. The van der Waals surface area contributed by atoms with Crippen LogP contribution in [0.15, 0.2) is 48.8 Å². The number of rotatable bonds is 15. The van der Waals surface area contributed by atoms with Gasteiger partial charge in [0.2, 0.25) is 0 Å². The number of halogens is 2. The second kappa shape index (κ2) is 16.0. The van der Waals surface area contributed by atoms with Crippen molar-refractivity contribution in [2.75, 3.05) is 38.6 Å². The number of hydrogen-bond acceptors (Lipinski definition) is 7. The molecule has 2 aromatic carbocycles. The van der Waals surface area contributed by atoms with E-state index >= 15 is 0 Å². The van der Waals surface area contributed by atoms with E-state index in [4.69, 9.17) is 0 Å². The first kappa shape index (κ1) is 33.5. The normalized spacial score (nSPS) is 12.5. The second-order valence-corrected chi connectivity index (χ2v) is 10.9. The molecule has 0 aliphatic heterocycles. The number of nitrogens with one attached hydrogen (secondary N) is 2. The van der Waals surface area contributed by atoms with Crippen molar-refractivity contribution in [3.8, 4) is 0 Å². The molecule has 1 heterocycles. The van der Waals surface area contributed by atoms with Crippen molar-refractivity contribution in [3.63, 3.8) is 0 Å². The zero-order valence-electron chi connectivity index (χ0n) is 25.5. The van der Waals surface area contributed by atoms with Gasteiger partial charge in [0.1, 0.15) is 23.8 Å². The predicted octanol–water partition coefficient (Wildman–Crippen LogP) is 3.88. The van der Waals surface area contributed by atoms with Crippen molar-refractivity contribution in [2.24, 2.45) is 0 Å². The fraction of sp³-hybridized carbons (Fsp3) is 0.438. The van der Waals surface area contributed by atoms with Crippen molar-refractivity contribution < 1.29 is 23.5 Å². The Bertz CT molecular complexity index is 1360. The van der Waals surface area contributed by atoms with Crippen molar-refractivity contribution in [1.82, 2.24) is 25.5 Å². The summed E-state index contributed by atoms with van der Waals surface area (Å²) in [5.74, 6) is -1.44. The quantitative estimate of drug-likeness (QED) is 0.244. The molecule has 0 saturated carbocycles. The first-order valence-corrected chi connectivity index (χ1v) is 14.5. The lowest BCUT2D eigenvalue weighted by atomic mass is 9.99. The van der Waals surface area contributed by atoms with Crippen LogP contribution >= 0.6 is 0 Å². The monoisotopic (exact) mass is 596 g/mol. The molecule has 43 heavy (non-hydrogen) atoms. The first-order valence-electron chi connectivity index (χ1n) is 14.5. The van der Waals surface area contributed by atoms with Crippen LogP contribution in [0.1, 0.15) is 64.2 Å². The predicted molar refractivity (Wildman–Crippen MR) is 163 cm³/mol. The zero-order valence-corrected chi connectivity index (χ0v) is 25.5. The minimum absolute atomic E-state index is 0.0278. The summed E-state index contributed by atoms with van der Waals surface area (Å²) in [5, 5.41) is 17.1. The van der Waals surface area contributed by atoms with E-state index in [0.717, 1.165) is 30.3 Å². The van der Waals surface area contributed by atoms with Gasteiger partial charge in [-0.2, -0.15) is 0 Å². The topological polar surface area (TPSA) is 111 Å². The lowest BCUT2D eigenvalue weighted by molar-refractivity contribution is 0.0755. The molecular formula is C32H42F2N6O3. The summed E-state index contributed by atoms with van der Waals surface area (Å²) in [7, 11) is 3.73. The second-order valence-electron chi connectivity index (χ2n) is 10.9. The molecule has 2 atom stereocenters. The first-order chi connectivity index (χ1) is 20.5. The molecule has 3 N–H and O–H groups in total.